The van der Waals surface area contributed by atoms with Crippen LogP contribution in [-0.4, -0.2) is 34.2 Å². The Balaban J connectivity index is 1.47. The molecule has 26 heavy (non-hydrogen) atoms. The maximum absolute atomic E-state index is 12.9. The normalized spacial score (nSPS) is 16.2. The van der Waals surface area contributed by atoms with Crippen molar-refractivity contribution in [2.75, 3.05) is 13.7 Å². The van der Waals surface area contributed by atoms with E-state index in [9.17, 15) is 4.79 Å². The average Bonchev–Trinajstić information content (AvgIpc) is 3.10. The predicted octanol–water partition coefficient (Wildman–Crippen LogP) is 3.53. The van der Waals surface area contributed by atoms with E-state index in [0.29, 0.717) is 12.1 Å². The van der Waals surface area contributed by atoms with E-state index >= 15 is 0 Å². The first-order chi connectivity index (χ1) is 12.7. The van der Waals surface area contributed by atoms with Gasteiger partial charge in [0.15, 0.2) is 0 Å². The molecule has 0 N–H and O–H groups in total. The summed E-state index contributed by atoms with van der Waals surface area (Å²) in [5.74, 6) is 0.848. The number of hydrogen-bond donors (Lipinski definition) is 0. The Morgan fingerprint density at radius 2 is 2.04 bits per heavy atom. The molecule has 1 saturated heterocycles. The van der Waals surface area contributed by atoms with Crippen molar-refractivity contribution in [3.63, 3.8) is 0 Å². The fourth-order valence-corrected chi connectivity index (χ4v) is 3.32. The molecule has 1 aromatic heterocycles. The maximum atomic E-state index is 12.9. The molecule has 0 saturated carbocycles. The molecular weight excluding hydrogens is 326 g/mol. The predicted molar refractivity (Wildman–Crippen MR) is 99.2 cm³/mol. The van der Waals surface area contributed by atoms with Gasteiger partial charge in [-0.05, 0) is 29.7 Å². The van der Waals surface area contributed by atoms with Crippen LogP contribution >= 0.6 is 0 Å². The van der Waals surface area contributed by atoms with Gasteiger partial charge >= 0.3 is 0 Å². The Kier molecular flexibility index (Phi) is 4.44. The Morgan fingerprint density at radius 3 is 2.77 bits per heavy atom. The molecule has 0 bridgehead atoms. The smallest absolute Gasteiger partial charge is 0.257 e. The van der Waals surface area contributed by atoms with Gasteiger partial charge in [-0.1, -0.05) is 42.5 Å². The third-order valence-corrected chi connectivity index (χ3v) is 4.83. The summed E-state index contributed by atoms with van der Waals surface area (Å²) in [5.41, 5.74) is 2.90. The van der Waals surface area contributed by atoms with Gasteiger partial charge in [-0.15, -0.1) is 0 Å². The number of carbonyl (C=O) groups is 1. The number of methoxy groups -OCH3 is 1. The van der Waals surface area contributed by atoms with Crippen LogP contribution in [0.1, 0.15) is 33.9 Å². The number of likely N-dealkylation sites (tertiary alicyclic amines) is 1. The van der Waals surface area contributed by atoms with Crippen molar-refractivity contribution >= 4 is 5.91 Å². The summed E-state index contributed by atoms with van der Waals surface area (Å²) >= 11 is 0. The van der Waals surface area contributed by atoms with Crippen LogP contribution in [0.4, 0.5) is 0 Å². The minimum absolute atomic E-state index is 0.0309. The number of benzene rings is 2. The summed E-state index contributed by atoms with van der Waals surface area (Å²) in [4.78, 5) is 14.8. The number of carbonyl (C=O) groups excluding carboxylic acids is 1. The van der Waals surface area contributed by atoms with Gasteiger partial charge in [0.2, 0.25) is 0 Å². The van der Waals surface area contributed by atoms with Crippen LogP contribution in [0, 0.1) is 0 Å². The van der Waals surface area contributed by atoms with E-state index in [-0.39, 0.29) is 11.9 Å². The van der Waals surface area contributed by atoms with E-state index in [1.807, 2.05) is 58.2 Å². The van der Waals surface area contributed by atoms with Crippen LogP contribution < -0.4 is 4.74 Å². The second kappa shape index (κ2) is 7.04. The number of ether oxygens (including phenoxy) is 1. The van der Waals surface area contributed by atoms with Gasteiger partial charge in [-0.3, -0.25) is 9.48 Å². The standard InChI is InChI=1S/C21H21N3O2/c1-26-19-9-5-8-17(12-19)20-10-11-24(20)21(25)18-13-22-23(15-18)14-16-6-3-2-4-7-16/h2-9,12-13,15,20H,10-11,14H2,1H3/t20-/m1/s1. The molecule has 3 aromatic rings. The van der Waals surface area contributed by atoms with E-state index in [0.717, 1.165) is 29.8 Å². The van der Waals surface area contributed by atoms with E-state index in [1.54, 1.807) is 13.3 Å². The highest BCUT2D eigenvalue weighted by Crippen LogP contribution is 2.35. The molecule has 1 aliphatic heterocycles. The van der Waals surface area contributed by atoms with Crippen LogP contribution in [-0.2, 0) is 6.54 Å². The summed E-state index contributed by atoms with van der Waals surface area (Å²) in [6, 6.07) is 18.1. The summed E-state index contributed by atoms with van der Waals surface area (Å²) in [5, 5.41) is 4.35. The molecule has 1 aliphatic rings. The largest absolute Gasteiger partial charge is 0.497 e. The third kappa shape index (κ3) is 3.20. The van der Waals surface area contributed by atoms with Gasteiger partial charge in [0.1, 0.15) is 5.75 Å². The van der Waals surface area contributed by atoms with E-state index in [2.05, 4.69) is 17.2 Å². The summed E-state index contributed by atoms with van der Waals surface area (Å²) in [7, 11) is 1.66. The van der Waals surface area contributed by atoms with Gasteiger partial charge in [-0.25, -0.2) is 0 Å². The zero-order valence-corrected chi connectivity index (χ0v) is 14.7. The molecule has 1 amide bonds. The van der Waals surface area contributed by atoms with E-state index in [4.69, 9.17) is 4.74 Å². The quantitative estimate of drug-likeness (QED) is 0.709. The number of hydrogen-bond acceptors (Lipinski definition) is 3. The van der Waals surface area contributed by atoms with Crippen LogP contribution in [0.5, 0.6) is 5.75 Å². The lowest BCUT2D eigenvalue weighted by Crippen LogP contribution is -2.45. The molecule has 2 aromatic carbocycles. The molecule has 5 heteroatoms. The Bertz CT molecular complexity index is 904. The van der Waals surface area contributed by atoms with Crippen molar-refractivity contribution in [1.29, 1.82) is 0 Å². The zero-order chi connectivity index (χ0) is 17.9. The lowest BCUT2D eigenvalue weighted by Gasteiger charge is -2.41. The second-order valence-corrected chi connectivity index (χ2v) is 6.49. The second-order valence-electron chi connectivity index (χ2n) is 6.49. The molecule has 1 fully saturated rings. The SMILES string of the molecule is COc1cccc([C@H]2CCN2C(=O)c2cnn(Cc3ccccc3)c2)c1. The van der Waals surface area contributed by atoms with Crippen molar-refractivity contribution < 1.29 is 9.53 Å². The van der Waals surface area contributed by atoms with Crippen LogP contribution in [0.15, 0.2) is 67.0 Å². The first kappa shape index (κ1) is 16.4. The highest BCUT2D eigenvalue weighted by molar-refractivity contribution is 5.94. The average molecular weight is 347 g/mol. The molecule has 1 atom stereocenters. The third-order valence-electron chi connectivity index (χ3n) is 4.83. The Hall–Kier alpha value is -3.08. The minimum atomic E-state index is 0.0309. The van der Waals surface area contributed by atoms with Crippen molar-refractivity contribution in [2.45, 2.75) is 19.0 Å². The van der Waals surface area contributed by atoms with Gasteiger partial charge in [0.05, 0.1) is 31.5 Å². The first-order valence-electron chi connectivity index (χ1n) is 8.76. The molecule has 0 unspecified atom stereocenters. The topological polar surface area (TPSA) is 47.4 Å². The lowest BCUT2D eigenvalue weighted by atomic mass is 9.94. The number of rotatable bonds is 5. The maximum Gasteiger partial charge on any atom is 0.257 e. The molecule has 0 radical (unpaired) electrons. The lowest BCUT2D eigenvalue weighted by molar-refractivity contribution is 0.0460. The van der Waals surface area contributed by atoms with E-state index < -0.39 is 0 Å². The van der Waals surface area contributed by atoms with Crippen molar-refractivity contribution in [3.05, 3.63) is 83.7 Å². The summed E-state index contributed by atoms with van der Waals surface area (Å²) < 4.78 is 7.11. The molecule has 4 rings (SSSR count). The van der Waals surface area contributed by atoms with Crippen molar-refractivity contribution in [2.24, 2.45) is 0 Å². The first-order valence-corrected chi connectivity index (χ1v) is 8.76. The highest BCUT2D eigenvalue weighted by Gasteiger charge is 2.34. The van der Waals surface area contributed by atoms with Crippen molar-refractivity contribution in [3.8, 4) is 5.75 Å². The molecule has 132 valence electrons. The summed E-state index contributed by atoms with van der Waals surface area (Å²) in [6.45, 7) is 1.43. The highest BCUT2D eigenvalue weighted by atomic mass is 16.5. The molecular formula is C21H21N3O2. The Labute approximate surface area is 152 Å². The fourth-order valence-electron chi connectivity index (χ4n) is 3.32. The molecule has 5 nitrogen and oxygen atoms in total. The molecule has 0 aliphatic carbocycles. The van der Waals surface area contributed by atoms with E-state index in [1.165, 1.54) is 0 Å². The minimum Gasteiger partial charge on any atom is -0.497 e. The number of amides is 1. The monoisotopic (exact) mass is 347 g/mol. The zero-order valence-electron chi connectivity index (χ0n) is 14.7. The summed E-state index contributed by atoms with van der Waals surface area (Å²) in [6.07, 6.45) is 4.46. The van der Waals surface area contributed by atoms with Crippen LogP contribution in [0.3, 0.4) is 0 Å². The van der Waals surface area contributed by atoms with Crippen molar-refractivity contribution in [1.82, 2.24) is 14.7 Å². The van der Waals surface area contributed by atoms with Gasteiger partial charge in [0, 0.05) is 12.7 Å². The molecule has 0 spiro atoms. The van der Waals surface area contributed by atoms with Gasteiger partial charge in [0.25, 0.3) is 5.91 Å². The number of nitrogens with zero attached hydrogens (tertiary/aromatic N) is 3. The number of aromatic nitrogens is 2. The fraction of sp³-hybridized carbons (Fsp3) is 0.238. The van der Waals surface area contributed by atoms with Gasteiger partial charge < -0.3 is 9.64 Å². The van der Waals surface area contributed by atoms with Crippen LogP contribution in [0.25, 0.3) is 0 Å². The van der Waals surface area contributed by atoms with Gasteiger partial charge in [-0.2, -0.15) is 5.10 Å². The molecule has 2 heterocycles. The Morgan fingerprint density at radius 1 is 1.19 bits per heavy atom. The van der Waals surface area contributed by atoms with Crippen LogP contribution in [0.2, 0.25) is 0 Å².